The van der Waals surface area contributed by atoms with E-state index in [1.165, 1.54) is 4.90 Å². The van der Waals surface area contributed by atoms with Gasteiger partial charge in [0.05, 0.1) is 43.9 Å². The molecule has 1 aromatic carbocycles. The molecule has 4 rings (SSSR count). The van der Waals surface area contributed by atoms with Crippen LogP contribution < -0.4 is 14.8 Å². The lowest BCUT2D eigenvalue weighted by Gasteiger charge is -2.59. The monoisotopic (exact) mass is 779 g/mol. The Balaban J connectivity index is 2.02. The Morgan fingerprint density at radius 1 is 1.09 bits per heavy atom. The van der Waals surface area contributed by atoms with Gasteiger partial charge in [-0.3, -0.25) is 4.90 Å². The number of halogens is 1. The van der Waals surface area contributed by atoms with Crippen LogP contribution in [0.15, 0.2) is 47.7 Å². The number of nitrogens with zero attached hydrogens (tertiary/aromatic N) is 2. The molecule has 1 saturated carbocycles. The Hall–Kier alpha value is -3.40. The van der Waals surface area contributed by atoms with Gasteiger partial charge in [-0.25, -0.2) is 9.59 Å². The second-order valence-electron chi connectivity index (χ2n) is 13.4. The maximum absolute atomic E-state index is 14.0. The van der Waals surface area contributed by atoms with Crippen LogP contribution >= 0.6 is 11.6 Å². The molecule has 1 fully saturated rings. The third-order valence-electron chi connectivity index (χ3n) is 10.1. The third-order valence-corrected chi connectivity index (χ3v) is 10.3. The van der Waals surface area contributed by atoms with E-state index in [9.17, 15) is 24.9 Å². The molecule has 302 valence electrons. The van der Waals surface area contributed by atoms with Crippen LogP contribution in [0.4, 0.5) is 9.59 Å². The number of oxime groups is 1. The van der Waals surface area contributed by atoms with E-state index in [0.717, 1.165) is 36.8 Å². The summed E-state index contributed by atoms with van der Waals surface area (Å²) in [5.74, 6) is -1.42. The third kappa shape index (κ3) is 10.5. The molecule has 4 N–H and O–H groups in total. The van der Waals surface area contributed by atoms with Crippen LogP contribution in [0.5, 0.6) is 11.5 Å². The van der Waals surface area contributed by atoms with Crippen molar-refractivity contribution in [2.75, 3.05) is 71.8 Å². The number of amides is 2. The van der Waals surface area contributed by atoms with Crippen LogP contribution in [-0.4, -0.2) is 122 Å². The number of ether oxygens (including phenoxy) is 5. The van der Waals surface area contributed by atoms with Gasteiger partial charge in [0.2, 0.25) is 5.79 Å². The van der Waals surface area contributed by atoms with Crippen LogP contribution in [0.25, 0.3) is 0 Å². The van der Waals surface area contributed by atoms with E-state index < -0.39 is 29.9 Å². The van der Waals surface area contributed by atoms with Crippen molar-refractivity contribution in [2.45, 2.75) is 76.5 Å². The first kappa shape index (κ1) is 43.3. The lowest BCUT2D eigenvalue weighted by Crippen LogP contribution is -2.70. The van der Waals surface area contributed by atoms with Crippen LogP contribution in [0.3, 0.4) is 0 Å². The molecule has 0 spiro atoms. The quantitative estimate of drug-likeness (QED) is 0.0501. The number of alkyl halides is 1. The number of hydrogen-bond acceptors (Lipinski definition) is 12. The van der Waals surface area contributed by atoms with Crippen LogP contribution in [0, 0.1) is 17.8 Å². The number of carbonyl (C=O) groups is 2. The van der Waals surface area contributed by atoms with E-state index in [2.05, 4.69) is 23.1 Å². The molecular formula is C39H58ClN3O11. The molecular weight excluding hydrogens is 722 g/mol. The van der Waals surface area contributed by atoms with Crippen molar-refractivity contribution in [1.82, 2.24) is 10.2 Å². The number of fused-ring (bicyclic) bond motifs is 2. The number of benzene rings is 1. The Morgan fingerprint density at radius 3 is 2.56 bits per heavy atom. The van der Waals surface area contributed by atoms with Gasteiger partial charge >= 0.3 is 12.2 Å². The number of carbonyl (C=O) groups excluding carboxylic acids is 2. The Kier molecular flexibility index (Phi) is 17.8. The summed E-state index contributed by atoms with van der Waals surface area (Å²) in [5.41, 5.74) is 2.31. The summed E-state index contributed by atoms with van der Waals surface area (Å²) in [6, 6.07) is 4.45. The van der Waals surface area contributed by atoms with Gasteiger partial charge in [-0.2, -0.15) is 0 Å². The topological polar surface area (TPSA) is 178 Å². The summed E-state index contributed by atoms with van der Waals surface area (Å²) in [6.45, 7) is 8.56. The van der Waals surface area contributed by atoms with Crippen molar-refractivity contribution in [2.24, 2.45) is 22.9 Å². The molecule has 1 heterocycles. The summed E-state index contributed by atoms with van der Waals surface area (Å²) >= 11 is 5.96. The molecule has 14 nitrogen and oxygen atoms in total. The Morgan fingerprint density at radius 2 is 1.87 bits per heavy atom. The highest BCUT2D eigenvalue weighted by molar-refractivity contribution is 6.18. The zero-order valence-electron chi connectivity index (χ0n) is 31.6. The molecule has 0 bridgehead atoms. The summed E-state index contributed by atoms with van der Waals surface area (Å²) < 4.78 is 31.0. The fourth-order valence-corrected chi connectivity index (χ4v) is 8.13. The molecule has 3 aliphatic rings. The first-order valence-corrected chi connectivity index (χ1v) is 19.7. The molecule has 0 aromatic heterocycles. The normalized spacial score (nSPS) is 24.7. The second-order valence-corrected chi connectivity index (χ2v) is 13.8. The smallest absolute Gasteiger partial charge is 0.412 e. The number of hydrogen-bond donors (Lipinski definition) is 4. The fourth-order valence-electron chi connectivity index (χ4n) is 8.05. The predicted molar refractivity (Wildman–Crippen MR) is 203 cm³/mol. The molecule has 15 heteroatoms. The highest BCUT2D eigenvalue weighted by Crippen LogP contribution is 2.62. The molecule has 0 saturated heterocycles. The molecule has 1 aliphatic heterocycles. The number of unbranched alkanes of at least 4 members (excludes halogenated alkanes) is 2. The number of rotatable bonds is 23. The van der Waals surface area contributed by atoms with E-state index in [4.69, 9.17) is 40.1 Å². The van der Waals surface area contributed by atoms with Crippen molar-refractivity contribution in [3.63, 3.8) is 0 Å². The van der Waals surface area contributed by atoms with Crippen LogP contribution in [0.1, 0.15) is 70.3 Å². The van der Waals surface area contributed by atoms with Gasteiger partial charge in [-0.1, -0.05) is 30.1 Å². The van der Waals surface area contributed by atoms with Crippen LogP contribution in [0.2, 0.25) is 0 Å². The van der Waals surface area contributed by atoms with Crippen molar-refractivity contribution >= 4 is 29.5 Å². The minimum absolute atomic E-state index is 0.0188. The summed E-state index contributed by atoms with van der Waals surface area (Å²) in [7, 11) is 0. The van der Waals surface area contributed by atoms with E-state index in [1.54, 1.807) is 18.2 Å². The second kappa shape index (κ2) is 22.2. The zero-order valence-corrected chi connectivity index (χ0v) is 32.3. The minimum atomic E-state index is -1.51. The van der Waals surface area contributed by atoms with E-state index in [-0.39, 0.29) is 82.8 Å². The van der Waals surface area contributed by atoms with E-state index in [0.29, 0.717) is 43.2 Å². The molecule has 1 aromatic rings. The van der Waals surface area contributed by atoms with E-state index >= 15 is 0 Å². The van der Waals surface area contributed by atoms with Gasteiger partial charge in [0, 0.05) is 44.2 Å². The average molecular weight is 780 g/mol. The maximum atomic E-state index is 14.0. The lowest BCUT2D eigenvalue weighted by molar-refractivity contribution is -0.256. The van der Waals surface area contributed by atoms with E-state index in [1.807, 2.05) is 19.9 Å². The number of allylic oxidation sites excluding steroid dienone is 1. The van der Waals surface area contributed by atoms with Crippen molar-refractivity contribution in [1.29, 1.82) is 0 Å². The highest BCUT2D eigenvalue weighted by atomic mass is 35.5. The van der Waals surface area contributed by atoms with Gasteiger partial charge in [0.1, 0.15) is 30.8 Å². The summed E-state index contributed by atoms with van der Waals surface area (Å²) in [4.78, 5) is 33.9. The van der Waals surface area contributed by atoms with Crippen LogP contribution in [-0.2, 0) is 19.0 Å². The highest BCUT2D eigenvalue weighted by Gasteiger charge is 2.65. The molecule has 54 heavy (non-hydrogen) atoms. The lowest BCUT2D eigenvalue weighted by atomic mass is 9.55. The molecule has 6 atom stereocenters. The van der Waals surface area contributed by atoms with Crippen molar-refractivity contribution in [3.8, 4) is 11.5 Å². The first-order valence-electron chi connectivity index (χ1n) is 19.2. The number of aliphatic hydroxyl groups excluding tert-OH is 3. The SMILES string of the molecule is C=CCOC12Oc3ccc(OC(=O)NCC)cc3C3C(CCCCO)C(CCCCO)C=C(C(=NOCC)CC1N(CCOCCO)C(=O)OCCCl)C32. The minimum Gasteiger partial charge on any atom is -0.459 e. The average Bonchev–Trinajstić information content (AvgIpc) is 3.17. The van der Waals surface area contributed by atoms with Crippen molar-refractivity contribution < 1.29 is 53.4 Å². The van der Waals surface area contributed by atoms with Gasteiger partial charge in [-0.05, 0) is 75.1 Å². The van der Waals surface area contributed by atoms with Gasteiger partial charge < -0.3 is 49.2 Å². The number of aliphatic hydroxyl groups is 3. The maximum Gasteiger partial charge on any atom is 0.412 e. The van der Waals surface area contributed by atoms with Crippen molar-refractivity contribution in [3.05, 3.63) is 48.1 Å². The molecule has 2 amide bonds. The van der Waals surface area contributed by atoms with Gasteiger partial charge in [0.15, 0.2) is 0 Å². The Labute approximate surface area is 323 Å². The fraction of sp³-hybridized carbons (Fsp3) is 0.667. The summed E-state index contributed by atoms with van der Waals surface area (Å²) in [5, 5.41) is 36.3. The standard InChI is InChI=1S/C39H58ClN3O11/c1-4-20-51-39-34(43(16-22-49-23-19-46)38(48)50-21-15-40)26-32(42-52-6-3)30-24-27(11-7-9-17-44)29(12-8-10-18-45)35(36(30)39)31-25-28(13-14-33(31)54-39)53-37(47)41-5-2/h4,13-14,24-25,27,29,34-36,44-46H,1,5-12,15-23,26H2,2-3H3,(H,41,47). The molecule has 0 radical (unpaired) electrons. The molecule has 2 aliphatic carbocycles. The Bertz CT molecular complexity index is 1430. The largest absolute Gasteiger partial charge is 0.459 e. The molecule has 6 unspecified atom stereocenters. The predicted octanol–water partition coefficient (Wildman–Crippen LogP) is 5.13. The zero-order chi connectivity index (χ0) is 38.9. The number of nitrogens with one attached hydrogen (secondary N) is 1. The van der Waals surface area contributed by atoms with Gasteiger partial charge in [0.25, 0.3) is 0 Å². The summed E-state index contributed by atoms with van der Waals surface area (Å²) in [6.07, 6.45) is 7.15. The first-order chi connectivity index (χ1) is 26.3. The van der Waals surface area contributed by atoms with Gasteiger partial charge in [-0.15, -0.1) is 18.2 Å².